The summed E-state index contributed by atoms with van der Waals surface area (Å²) in [7, 11) is 0. The molecule has 0 heterocycles. The zero-order valence-corrected chi connectivity index (χ0v) is 17.9. The third kappa shape index (κ3) is 2.46. The Bertz CT molecular complexity index is 502. The summed E-state index contributed by atoms with van der Waals surface area (Å²) in [5.74, 6) is 7.86. The Morgan fingerprint density at radius 2 is 1.24 bits per heavy atom. The van der Waals surface area contributed by atoms with Crippen LogP contribution in [0.4, 0.5) is 0 Å². The van der Waals surface area contributed by atoms with Crippen molar-refractivity contribution in [2.75, 3.05) is 0 Å². The number of allylic oxidation sites excluding steroid dienone is 2. The number of fused-ring (bicyclic) bond motifs is 4. The molecule has 0 spiro atoms. The fourth-order valence-electron chi connectivity index (χ4n) is 8.47. The van der Waals surface area contributed by atoms with Gasteiger partial charge < -0.3 is 0 Å². The number of rotatable bonds is 4. The molecule has 8 unspecified atom stereocenters. The van der Waals surface area contributed by atoms with Gasteiger partial charge in [0, 0.05) is 0 Å². The molecule has 6 saturated carbocycles. The number of hydrogen-bond donors (Lipinski definition) is 0. The molecular formula is C24H41B. The first-order valence-electron chi connectivity index (χ1n) is 11.3. The third-order valence-corrected chi connectivity index (χ3v) is 10.6. The smallest absolute Gasteiger partial charge is 0.0960 e. The fourth-order valence-corrected chi connectivity index (χ4v) is 8.47. The highest BCUT2D eigenvalue weighted by atomic mass is 14.6. The molecule has 8 atom stereocenters. The average molecular weight is 340 g/mol. The van der Waals surface area contributed by atoms with E-state index in [0.717, 1.165) is 53.9 Å². The monoisotopic (exact) mass is 340 g/mol. The van der Waals surface area contributed by atoms with Gasteiger partial charge in [-0.15, -0.1) is 0 Å². The fraction of sp³-hybridized carbons (Fsp3) is 0.917. The second-order valence-corrected chi connectivity index (χ2v) is 11.7. The van der Waals surface area contributed by atoms with E-state index in [-0.39, 0.29) is 0 Å². The van der Waals surface area contributed by atoms with Crippen LogP contribution in [-0.4, -0.2) is 6.71 Å². The molecule has 25 heavy (non-hydrogen) atoms. The lowest BCUT2D eigenvalue weighted by atomic mass is 9.20. The Hall–Kier alpha value is -0.195. The van der Waals surface area contributed by atoms with Crippen molar-refractivity contribution in [2.45, 2.75) is 92.1 Å². The van der Waals surface area contributed by atoms with Gasteiger partial charge in [-0.05, 0) is 66.1 Å². The summed E-state index contributed by atoms with van der Waals surface area (Å²) in [6.07, 6.45) is 12.3. The van der Waals surface area contributed by atoms with Crippen LogP contribution in [0.5, 0.6) is 0 Å². The molecule has 0 nitrogen and oxygen atoms in total. The molecule has 6 rings (SSSR count). The summed E-state index contributed by atoms with van der Waals surface area (Å²) in [4.78, 5) is 0. The van der Waals surface area contributed by atoms with Crippen LogP contribution in [0.15, 0.2) is 12.2 Å². The quantitative estimate of drug-likeness (QED) is 0.375. The predicted molar refractivity (Wildman–Crippen MR) is 111 cm³/mol. The topological polar surface area (TPSA) is 0 Å². The SMILES string of the molecule is C/C=C/CB(C1CC2CC(C1C)C2(C)C)C1CC2CC(C1C)C2(C)C. The van der Waals surface area contributed by atoms with Gasteiger partial charge in [0.15, 0.2) is 6.71 Å². The highest BCUT2D eigenvalue weighted by molar-refractivity contribution is 6.62. The molecule has 4 bridgehead atoms. The Morgan fingerprint density at radius 1 is 0.800 bits per heavy atom. The lowest BCUT2D eigenvalue weighted by molar-refractivity contribution is -0.107. The van der Waals surface area contributed by atoms with Crippen molar-refractivity contribution in [3.8, 4) is 0 Å². The minimum atomic E-state index is 0.628. The molecule has 0 amide bonds. The van der Waals surface area contributed by atoms with Gasteiger partial charge in [0.25, 0.3) is 0 Å². The highest BCUT2D eigenvalue weighted by Crippen LogP contribution is 2.69. The standard InChI is InChI=1S/C24H41B/c1-8-9-10-25(21-13-17-11-19(15(21)2)23(17,4)5)22-14-18-12-20(16(22)3)24(18,6)7/h8-9,15-22H,10-14H2,1-7H3/b9-8+. The molecule has 0 saturated heterocycles. The summed E-state index contributed by atoms with van der Waals surface area (Å²) < 4.78 is 0. The van der Waals surface area contributed by atoms with Crippen LogP contribution in [0, 0.1) is 46.3 Å². The van der Waals surface area contributed by atoms with Crippen LogP contribution >= 0.6 is 0 Å². The normalized spacial score (nSPS) is 49.4. The maximum absolute atomic E-state index is 2.62. The maximum Gasteiger partial charge on any atom is 0.150 e. The Morgan fingerprint density at radius 3 is 1.56 bits per heavy atom. The van der Waals surface area contributed by atoms with Gasteiger partial charge in [0.05, 0.1) is 0 Å². The van der Waals surface area contributed by atoms with Crippen LogP contribution in [0.25, 0.3) is 0 Å². The average Bonchev–Trinajstić information content (AvgIpc) is 2.56. The number of hydrogen-bond acceptors (Lipinski definition) is 0. The largest absolute Gasteiger partial charge is 0.150 e. The second kappa shape index (κ2) is 5.90. The van der Waals surface area contributed by atoms with E-state index in [4.69, 9.17) is 0 Å². The van der Waals surface area contributed by atoms with Gasteiger partial charge in [-0.1, -0.05) is 84.5 Å². The summed E-state index contributed by atoms with van der Waals surface area (Å²) in [5.41, 5.74) is 1.26. The van der Waals surface area contributed by atoms with Crippen LogP contribution in [0.3, 0.4) is 0 Å². The van der Waals surface area contributed by atoms with E-state index < -0.39 is 0 Å². The van der Waals surface area contributed by atoms with Gasteiger partial charge in [-0.2, -0.15) is 0 Å². The van der Waals surface area contributed by atoms with Gasteiger partial charge >= 0.3 is 0 Å². The highest BCUT2D eigenvalue weighted by Gasteiger charge is 2.61. The van der Waals surface area contributed by atoms with E-state index in [0.29, 0.717) is 10.8 Å². The lowest BCUT2D eigenvalue weighted by Gasteiger charge is -2.66. The molecule has 1 heteroatoms. The minimum absolute atomic E-state index is 0.628. The van der Waals surface area contributed by atoms with E-state index >= 15 is 0 Å². The van der Waals surface area contributed by atoms with E-state index in [1.807, 2.05) is 0 Å². The van der Waals surface area contributed by atoms with Crippen molar-refractivity contribution in [3.05, 3.63) is 12.2 Å². The first kappa shape index (κ1) is 18.2. The summed E-state index contributed by atoms with van der Waals surface area (Å²) >= 11 is 0. The van der Waals surface area contributed by atoms with E-state index in [9.17, 15) is 0 Å². The van der Waals surface area contributed by atoms with Crippen molar-refractivity contribution in [3.63, 3.8) is 0 Å². The first-order chi connectivity index (χ1) is 11.7. The molecule has 6 aliphatic rings. The molecular weight excluding hydrogens is 299 g/mol. The zero-order valence-electron chi connectivity index (χ0n) is 17.9. The zero-order chi connectivity index (χ0) is 18.1. The molecule has 0 aromatic carbocycles. The molecule has 0 radical (unpaired) electrons. The minimum Gasteiger partial charge on any atom is -0.0960 e. The van der Waals surface area contributed by atoms with E-state index in [1.165, 1.54) is 32.0 Å². The van der Waals surface area contributed by atoms with Gasteiger partial charge in [-0.3, -0.25) is 0 Å². The predicted octanol–water partition coefficient (Wildman–Crippen LogP) is 7.20. The summed E-state index contributed by atoms with van der Waals surface area (Å²) in [5, 5.41) is 0. The van der Waals surface area contributed by atoms with Crippen molar-refractivity contribution < 1.29 is 0 Å². The van der Waals surface area contributed by atoms with Gasteiger partial charge in [0.1, 0.15) is 0 Å². The molecule has 0 aromatic heterocycles. The first-order valence-corrected chi connectivity index (χ1v) is 11.3. The second-order valence-electron chi connectivity index (χ2n) is 11.7. The van der Waals surface area contributed by atoms with Crippen molar-refractivity contribution in [1.82, 2.24) is 0 Å². The third-order valence-electron chi connectivity index (χ3n) is 10.6. The molecule has 0 aliphatic heterocycles. The van der Waals surface area contributed by atoms with E-state index in [2.05, 4.69) is 60.6 Å². The Kier molecular flexibility index (Phi) is 4.29. The molecule has 6 aliphatic carbocycles. The molecule has 0 N–H and O–H groups in total. The maximum atomic E-state index is 2.62. The molecule has 0 aromatic rings. The van der Waals surface area contributed by atoms with E-state index in [1.54, 1.807) is 0 Å². The molecule has 140 valence electrons. The lowest BCUT2D eigenvalue weighted by Crippen LogP contribution is -2.59. The van der Waals surface area contributed by atoms with Crippen LogP contribution in [0.1, 0.15) is 74.1 Å². The van der Waals surface area contributed by atoms with Crippen molar-refractivity contribution >= 4 is 6.71 Å². The summed E-state index contributed by atoms with van der Waals surface area (Å²) in [6.45, 7) is 18.6. The Balaban J connectivity index is 1.56. The van der Waals surface area contributed by atoms with Crippen LogP contribution in [0.2, 0.25) is 18.0 Å². The molecule has 6 fully saturated rings. The van der Waals surface area contributed by atoms with Gasteiger partial charge in [0.2, 0.25) is 0 Å². The van der Waals surface area contributed by atoms with Gasteiger partial charge in [-0.25, -0.2) is 0 Å². The van der Waals surface area contributed by atoms with Crippen LogP contribution in [-0.2, 0) is 0 Å². The summed E-state index contributed by atoms with van der Waals surface area (Å²) in [6, 6.07) is 0. The van der Waals surface area contributed by atoms with Crippen molar-refractivity contribution in [1.29, 1.82) is 0 Å². The Labute approximate surface area is 157 Å². The van der Waals surface area contributed by atoms with Crippen molar-refractivity contribution in [2.24, 2.45) is 46.3 Å². The van der Waals surface area contributed by atoms with Crippen LogP contribution < -0.4 is 0 Å².